The molecule has 0 radical (unpaired) electrons. The highest BCUT2D eigenvalue weighted by Crippen LogP contribution is 2.26. The van der Waals surface area contributed by atoms with E-state index in [0.29, 0.717) is 6.04 Å². The molecule has 1 fully saturated rings. The third kappa shape index (κ3) is 5.50. The summed E-state index contributed by atoms with van der Waals surface area (Å²) in [5.74, 6) is 2.69. The fraction of sp³-hybridized carbons (Fsp3) is 0.476. The predicted octanol–water partition coefficient (Wildman–Crippen LogP) is 2.83. The number of aliphatic imine (C=N–C) groups is 1. The predicted molar refractivity (Wildman–Crippen MR) is 108 cm³/mol. The van der Waals surface area contributed by atoms with Crippen molar-refractivity contribution >= 4 is 5.96 Å². The van der Waals surface area contributed by atoms with Crippen molar-refractivity contribution in [2.75, 3.05) is 40.3 Å². The lowest BCUT2D eigenvalue weighted by Gasteiger charge is -2.29. The van der Waals surface area contributed by atoms with Crippen molar-refractivity contribution in [3.05, 3.63) is 54.0 Å². The molecular formula is C21H30N4O2. The molecule has 0 spiro atoms. The van der Waals surface area contributed by atoms with Crippen LogP contribution in [0, 0.1) is 0 Å². The molecule has 1 aliphatic heterocycles. The summed E-state index contributed by atoms with van der Waals surface area (Å²) in [5.41, 5.74) is 1.30. The number of hydrogen-bond acceptors (Lipinski definition) is 4. The van der Waals surface area contributed by atoms with E-state index in [2.05, 4.69) is 32.7 Å². The number of furan rings is 1. The van der Waals surface area contributed by atoms with E-state index in [1.54, 1.807) is 20.4 Å². The first-order valence-corrected chi connectivity index (χ1v) is 9.65. The SMILES string of the molecule is CN=C(NCCc1ccco1)NCC(c1ccc(OC)cc1)N1CCCC1. The van der Waals surface area contributed by atoms with Crippen molar-refractivity contribution in [2.24, 2.45) is 4.99 Å². The molecule has 1 aromatic heterocycles. The fourth-order valence-corrected chi connectivity index (χ4v) is 3.51. The molecule has 1 saturated heterocycles. The molecule has 1 aliphatic rings. The molecule has 27 heavy (non-hydrogen) atoms. The minimum atomic E-state index is 0.321. The second kappa shape index (κ2) is 10.0. The van der Waals surface area contributed by atoms with Gasteiger partial charge in [-0.15, -0.1) is 0 Å². The number of guanidine groups is 1. The van der Waals surface area contributed by atoms with Crippen LogP contribution < -0.4 is 15.4 Å². The third-order valence-corrected chi connectivity index (χ3v) is 5.01. The Kier molecular flexibility index (Phi) is 7.16. The molecule has 0 bridgehead atoms. The van der Waals surface area contributed by atoms with Crippen LogP contribution in [0.2, 0.25) is 0 Å². The first kappa shape index (κ1) is 19.3. The maximum absolute atomic E-state index is 5.37. The van der Waals surface area contributed by atoms with Crippen molar-refractivity contribution in [1.82, 2.24) is 15.5 Å². The van der Waals surface area contributed by atoms with Gasteiger partial charge in [0.2, 0.25) is 0 Å². The largest absolute Gasteiger partial charge is 0.497 e. The summed E-state index contributed by atoms with van der Waals surface area (Å²) in [4.78, 5) is 6.90. The zero-order valence-corrected chi connectivity index (χ0v) is 16.3. The summed E-state index contributed by atoms with van der Waals surface area (Å²) in [6.07, 6.45) is 5.07. The standard InChI is InChI=1S/C21H30N4O2/c1-22-21(23-12-11-19-6-5-15-27-19)24-16-20(25-13-3-4-14-25)17-7-9-18(26-2)10-8-17/h5-10,15,20H,3-4,11-14,16H2,1-2H3,(H2,22,23,24). The minimum absolute atomic E-state index is 0.321. The number of benzene rings is 1. The zero-order valence-electron chi connectivity index (χ0n) is 16.3. The van der Waals surface area contributed by atoms with Crippen molar-refractivity contribution in [1.29, 1.82) is 0 Å². The van der Waals surface area contributed by atoms with Crippen molar-refractivity contribution in [3.63, 3.8) is 0 Å². The van der Waals surface area contributed by atoms with E-state index in [4.69, 9.17) is 9.15 Å². The van der Waals surface area contributed by atoms with Gasteiger partial charge in [0, 0.05) is 26.6 Å². The first-order valence-electron chi connectivity index (χ1n) is 9.65. The summed E-state index contributed by atoms with van der Waals surface area (Å²) in [6.45, 7) is 3.88. The van der Waals surface area contributed by atoms with Crippen LogP contribution in [0.3, 0.4) is 0 Å². The van der Waals surface area contributed by atoms with Crippen LogP contribution in [-0.2, 0) is 6.42 Å². The molecule has 2 heterocycles. The zero-order chi connectivity index (χ0) is 18.9. The lowest BCUT2D eigenvalue weighted by molar-refractivity contribution is 0.245. The van der Waals surface area contributed by atoms with Crippen molar-refractivity contribution < 1.29 is 9.15 Å². The Hall–Kier alpha value is -2.47. The molecule has 6 nitrogen and oxygen atoms in total. The van der Waals surface area contributed by atoms with Gasteiger partial charge in [-0.25, -0.2) is 0 Å². The number of methoxy groups -OCH3 is 1. The summed E-state index contributed by atoms with van der Waals surface area (Å²) < 4.78 is 10.7. The molecule has 2 aromatic rings. The second-order valence-corrected chi connectivity index (χ2v) is 6.74. The second-order valence-electron chi connectivity index (χ2n) is 6.74. The maximum atomic E-state index is 5.37. The van der Waals surface area contributed by atoms with Gasteiger partial charge in [-0.3, -0.25) is 9.89 Å². The highest BCUT2D eigenvalue weighted by molar-refractivity contribution is 5.79. The summed E-state index contributed by atoms with van der Waals surface area (Å²) in [7, 11) is 3.51. The lowest BCUT2D eigenvalue weighted by atomic mass is 10.1. The number of nitrogens with zero attached hydrogens (tertiary/aromatic N) is 2. The van der Waals surface area contributed by atoms with Crippen LogP contribution in [-0.4, -0.2) is 51.2 Å². The van der Waals surface area contributed by atoms with E-state index < -0.39 is 0 Å². The number of rotatable bonds is 8. The van der Waals surface area contributed by atoms with Gasteiger partial charge in [0.1, 0.15) is 11.5 Å². The number of nitrogens with one attached hydrogen (secondary N) is 2. The van der Waals surface area contributed by atoms with E-state index in [-0.39, 0.29) is 0 Å². The first-order chi connectivity index (χ1) is 13.3. The fourth-order valence-electron chi connectivity index (χ4n) is 3.51. The summed E-state index contributed by atoms with van der Waals surface area (Å²) in [6, 6.07) is 12.6. The van der Waals surface area contributed by atoms with Gasteiger partial charge < -0.3 is 19.8 Å². The van der Waals surface area contributed by atoms with Crippen LogP contribution in [0.1, 0.15) is 30.2 Å². The monoisotopic (exact) mass is 370 g/mol. The quantitative estimate of drug-likeness (QED) is 0.553. The highest BCUT2D eigenvalue weighted by Gasteiger charge is 2.23. The van der Waals surface area contributed by atoms with E-state index in [0.717, 1.165) is 50.1 Å². The Bertz CT molecular complexity index is 691. The molecule has 1 aromatic carbocycles. The van der Waals surface area contributed by atoms with Gasteiger partial charge in [-0.1, -0.05) is 12.1 Å². The van der Waals surface area contributed by atoms with Gasteiger partial charge in [-0.05, 0) is 55.8 Å². The van der Waals surface area contributed by atoms with Gasteiger partial charge in [0.05, 0.1) is 19.4 Å². The Morgan fingerprint density at radius 1 is 1.19 bits per heavy atom. The van der Waals surface area contributed by atoms with Crippen LogP contribution in [0.5, 0.6) is 5.75 Å². The number of hydrogen-bond donors (Lipinski definition) is 2. The lowest BCUT2D eigenvalue weighted by Crippen LogP contribution is -2.43. The molecule has 1 atom stereocenters. The Balaban J connectivity index is 1.57. The van der Waals surface area contributed by atoms with Gasteiger partial charge >= 0.3 is 0 Å². The number of likely N-dealkylation sites (tertiary alicyclic amines) is 1. The molecule has 3 rings (SSSR count). The van der Waals surface area contributed by atoms with E-state index in [1.807, 2.05) is 24.3 Å². The van der Waals surface area contributed by atoms with Crippen LogP contribution in [0.4, 0.5) is 0 Å². The summed E-state index contributed by atoms with van der Waals surface area (Å²) in [5, 5.41) is 6.85. The van der Waals surface area contributed by atoms with E-state index in [9.17, 15) is 0 Å². The molecular weight excluding hydrogens is 340 g/mol. The molecule has 1 unspecified atom stereocenters. The minimum Gasteiger partial charge on any atom is -0.497 e. The van der Waals surface area contributed by atoms with E-state index >= 15 is 0 Å². The van der Waals surface area contributed by atoms with Crippen molar-refractivity contribution in [3.8, 4) is 5.75 Å². The topological polar surface area (TPSA) is 62.0 Å². The molecule has 0 amide bonds. The van der Waals surface area contributed by atoms with Gasteiger partial charge in [0.25, 0.3) is 0 Å². The molecule has 2 N–H and O–H groups in total. The molecule has 6 heteroatoms. The molecule has 0 aliphatic carbocycles. The molecule has 146 valence electrons. The van der Waals surface area contributed by atoms with Gasteiger partial charge in [-0.2, -0.15) is 0 Å². The van der Waals surface area contributed by atoms with E-state index in [1.165, 1.54) is 18.4 Å². The summed E-state index contributed by atoms with van der Waals surface area (Å²) >= 11 is 0. The Morgan fingerprint density at radius 2 is 1.96 bits per heavy atom. The normalized spacial score (nSPS) is 16.3. The molecule has 0 saturated carbocycles. The van der Waals surface area contributed by atoms with Crippen LogP contribution >= 0.6 is 0 Å². The Labute approximate surface area is 161 Å². The van der Waals surface area contributed by atoms with Crippen molar-refractivity contribution in [2.45, 2.75) is 25.3 Å². The average molecular weight is 370 g/mol. The maximum Gasteiger partial charge on any atom is 0.191 e. The average Bonchev–Trinajstić information content (AvgIpc) is 3.41. The van der Waals surface area contributed by atoms with Gasteiger partial charge in [0.15, 0.2) is 5.96 Å². The third-order valence-electron chi connectivity index (χ3n) is 5.01. The highest BCUT2D eigenvalue weighted by atomic mass is 16.5. The smallest absolute Gasteiger partial charge is 0.191 e. The Morgan fingerprint density at radius 3 is 2.59 bits per heavy atom. The number of ether oxygens (including phenoxy) is 1. The van der Waals surface area contributed by atoms with Crippen LogP contribution in [0.25, 0.3) is 0 Å². The van der Waals surface area contributed by atoms with Crippen LogP contribution in [0.15, 0.2) is 52.1 Å².